The van der Waals surface area contributed by atoms with E-state index in [9.17, 15) is 19.2 Å². The van der Waals surface area contributed by atoms with E-state index in [1.807, 2.05) is 0 Å². The zero-order valence-corrected chi connectivity index (χ0v) is 56.6. The summed E-state index contributed by atoms with van der Waals surface area (Å²) in [6, 6.07) is 13.3. The van der Waals surface area contributed by atoms with Crippen molar-refractivity contribution in [1.82, 2.24) is 31.2 Å². The second-order valence-electron chi connectivity index (χ2n) is 9.09. The Labute approximate surface area is 577 Å². The summed E-state index contributed by atoms with van der Waals surface area (Å²) >= 11 is -9.68. The molecule has 0 aromatic carbocycles. The second-order valence-corrected chi connectivity index (χ2v) is 14.9. The number of carbonyl (C=O) groups excluding carboxylic acids is 4. The molecular weight excluding hydrogens is 1890 g/mol. The molecule has 46 nitrogen and oxygen atoms in total. The van der Waals surface area contributed by atoms with Gasteiger partial charge in [0, 0.05) is 213 Å². The molecule has 83 heavy (non-hydrogen) atoms. The number of hydrogen-bond acceptors (Lipinski definition) is 12. The summed E-state index contributed by atoms with van der Waals surface area (Å²) in [4.78, 5) is 60.2. The van der Waals surface area contributed by atoms with Gasteiger partial charge in [0.25, 0.3) is 23.6 Å². The maximum absolute atomic E-state index is 11.7. The predicted molar refractivity (Wildman–Crippen MR) is 206 cm³/mol. The Kier molecular flexibility index (Phi) is 349. The number of nitrogens with one attached hydrogen (secondary N) is 6. The van der Waals surface area contributed by atoms with Crippen molar-refractivity contribution in [3.8, 4) is 0 Å². The number of hydrogen-bond donors (Lipinski definition) is 4. The van der Waals surface area contributed by atoms with Gasteiger partial charge in [0.05, 0.1) is 11.1 Å². The van der Waals surface area contributed by atoms with Gasteiger partial charge in [-0.3, -0.25) is 29.1 Å². The zero-order chi connectivity index (χ0) is 34.8. The van der Waals surface area contributed by atoms with Gasteiger partial charge in [-0.15, -0.1) is 0 Å². The van der Waals surface area contributed by atoms with Crippen molar-refractivity contribution in [2.45, 2.75) is 0 Å². The maximum Gasteiger partial charge on any atom is -0.457 e. The molecule has 0 aliphatic heterocycles. The van der Waals surface area contributed by atoms with E-state index in [0.29, 0.717) is 48.4 Å². The van der Waals surface area contributed by atoms with Crippen molar-refractivity contribution >= 4 is 41.5 Å². The molecule has 4 aromatic heterocycles. The minimum Gasteiger partial charge on any atom is -0.457 e. The van der Waals surface area contributed by atoms with Crippen LogP contribution in [-0.2, 0) is 292 Å². The third-order valence-electron chi connectivity index (χ3n) is 5.24. The molecule has 0 aliphatic carbocycles. The molecule has 0 atom stereocenters. The van der Waals surface area contributed by atoms with Crippen molar-refractivity contribution in [2.24, 2.45) is 0 Å². The molecule has 4 aromatic rings. The zero-order valence-electron chi connectivity index (χ0n) is 40.3. The van der Waals surface area contributed by atoms with Crippen LogP contribution in [0.25, 0.3) is 0 Å². The summed E-state index contributed by atoms with van der Waals surface area (Å²) in [5.74, 6) is -0.707. The number of aromatic amines is 2. The monoisotopic (exact) mass is 1960 g/mol. The number of pyridine rings is 4. The number of nitrogens with zero attached hydrogens (tertiary/aromatic N) is 2. The molecule has 0 bridgehead atoms. The summed E-state index contributed by atoms with van der Waals surface area (Å²) in [6.07, 6.45) is 13.0. The standard InChI is InChI=1S/2C14H14N4O2.2Cu.6Mo.H6O6Te.10H2O.18O/c2*19-13(11-1-5-15-6-2-11)17-9-10-18-14(20)12-3-7-16-8-4-12;;;;;;;;;1-7(2,3,4,5)6;;;;;;;;;;;;;;;;;;;;;;;;;;;;/h2*1-8H,9-10H2,(H,17,19)(H,18,20);;;;;;;;;1-6H;10*1H2;;;;;;;;;;;;;;;;;;/q;;2*+2;;;;;;;;;;;;;;;;;;18*-2/p+2. The Balaban J connectivity index is -0.0000000108. The van der Waals surface area contributed by atoms with E-state index >= 15 is 0 Å². The first-order valence-electron chi connectivity index (χ1n) is 13.4. The van der Waals surface area contributed by atoms with Crippen LogP contribution in [-0.4, -0.2) is 99.6 Å². The first-order valence-corrected chi connectivity index (χ1v) is 19.1. The SMILES string of the molecule is O.O.O.O.O=C(NCCNC(=O)c1cc[nH+]cc1)c1ccncc1.O=C(NCCNC(=O)c1cc[nH+]cc1)c1ccncc1.[Cu+2].[Cu+2].[Mo].[Mo].[Mo].[Mo].[Mo].[Mo].[O-2].[O-2].[O-2].[O-2].[O-2].[O-2].[O-2].[O-2].[O-2].[O-2].[O-2].[O-2].[O-2].[O-2].[O-2].[O-2].[O-2].[O-2].[O-][Te]([O-])([O-])([O-])([O-])[O-].[OH3+].[OH3+].[OH3+].[OH3+].[OH3+].[OH3+]. The number of carbonyl (C=O) groups is 4. The number of rotatable bonds is 10. The molecule has 4 heterocycles. The van der Waals surface area contributed by atoms with Crippen LogP contribution in [0.5, 0.6) is 0 Å². The van der Waals surface area contributed by atoms with E-state index in [-0.39, 0.29) is 337 Å². The fraction of sp³-hybridized carbons (Fsp3) is 0.143. The molecule has 530 valence electrons. The maximum atomic E-state index is 11.7. The average molecular weight is 1940 g/mol. The smallest absolute Gasteiger partial charge is 0.457 e. The van der Waals surface area contributed by atoms with Crippen LogP contribution in [0.15, 0.2) is 98.1 Å². The van der Waals surface area contributed by atoms with Crippen molar-refractivity contribution in [1.29, 1.82) is 0 Å². The molecular formula is C28H56Cu2Mo6N8O38Te-30. The molecule has 32 N–H and O–H groups in total. The van der Waals surface area contributed by atoms with E-state index in [4.69, 9.17) is 20.8 Å². The van der Waals surface area contributed by atoms with Gasteiger partial charge < -0.3 is 175 Å². The first kappa shape index (κ1) is 243. The van der Waals surface area contributed by atoms with E-state index in [1.165, 1.54) is 0 Å². The fourth-order valence-corrected chi connectivity index (χ4v) is 3.20. The van der Waals surface area contributed by atoms with Gasteiger partial charge in [-0.25, -0.2) is 9.97 Å². The number of H-pyrrole nitrogens is 2. The predicted octanol–water partition coefficient (Wildman–Crippen LogP) is -18.4. The minimum atomic E-state index is -9.68. The van der Waals surface area contributed by atoms with Gasteiger partial charge in [0.2, 0.25) is 0 Å². The quantitative estimate of drug-likeness (QED) is 0.0654. The van der Waals surface area contributed by atoms with Crippen molar-refractivity contribution in [3.63, 3.8) is 0 Å². The van der Waals surface area contributed by atoms with Crippen molar-refractivity contribution in [2.75, 3.05) is 26.2 Å². The van der Waals surface area contributed by atoms with E-state index < -0.39 is 17.9 Å². The molecule has 0 aliphatic rings. The van der Waals surface area contributed by atoms with Crippen LogP contribution >= 0.6 is 0 Å². The van der Waals surface area contributed by atoms with E-state index in [0.717, 1.165) is 0 Å². The van der Waals surface area contributed by atoms with Gasteiger partial charge in [-0.1, -0.05) is 0 Å². The molecule has 0 spiro atoms. The van der Waals surface area contributed by atoms with Crippen LogP contribution in [0, 0.1) is 0 Å². The molecule has 4 rings (SSSR count). The van der Waals surface area contributed by atoms with Gasteiger partial charge in [0.1, 0.15) is 0 Å². The topological polar surface area (TPSA) is 1150 Å². The summed E-state index contributed by atoms with van der Waals surface area (Å²) in [6.45, 7) is 1.47. The molecule has 0 fully saturated rings. The van der Waals surface area contributed by atoms with Crippen LogP contribution in [0.1, 0.15) is 41.4 Å². The summed E-state index contributed by atoms with van der Waals surface area (Å²) in [7, 11) is 0. The fourth-order valence-electron chi connectivity index (χ4n) is 3.20. The Morgan fingerprint density at radius 3 is 0.578 bits per heavy atom. The number of aromatic nitrogens is 4. The van der Waals surface area contributed by atoms with Gasteiger partial charge >= 0.3 is 72.9 Å². The minimum absolute atomic E-state index is 0. The Hall–Kier alpha value is -0.922. The normalized spacial score (nSPS) is 6.67. The van der Waals surface area contributed by atoms with E-state index in [2.05, 4.69) is 41.2 Å². The molecule has 4 amide bonds. The van der Waals surface area contributed by atoms with Crippen LogP contribution in [0.2, 0.25) is 0 Å². The second kappa shape index (κ2) is 119. The molecule has 0 saturated carbocycles. The third-order valence-corrected chi connectivity index (χ3v) is 5.24. The van der Waals surface area contributed by atoms with Crippen LogP contribution in [0.4, 0.5) is 0 Å². The first-order chi connectivity index (χ1) is 22.0. The van der Waals surface area contributed by atoms with Crippen molar-refractivity contribution < 1.29 is 364 Å². The van der Waals surface area contributed by atoms with Crippen molar-refractivity contribution in [3.05, 3.63) is 120 Å². The number of amides is 4. The average Bonchev–Trinajstić information content (AvgIpc) is 3.05. The molecule has 55 heteroatoms. The molecule has 0 unspecified atom stereocenters. The summed E-state index contributed by atoms with van der Waals surface area (Å²) in [5.41, 5.74) is 2.24. The Morgan fingerprint density at radius 1 is 0.325 bits per heavy atom. The van der Waals surface area contributed by atoms with Gasteiger partial charge in [-0.05, 0) is 24.3 Å². The van der Waals surface area contributed by atoms with Gasteiger partial charge in [-0.2, -0.15) is 0 Å². The van der Waals surface area contributed by atoms with Crippen LogP contribution < -0.4 is 52.1 Å². The molecule has 2 radical (unpaired) electrons. The molecule has 0 saturated heterocycles. The third kappa shape index (κ3) is 136. The summed E-state index contributed by atoms with van der Waals surface area (Å²) < 4.78 is 52.0. The Morgan fingerprint density at radius 2 is 0.446 bits per heavy atom. The van der Waals surface area contributed by atoms with Crippen LogP contribution in [0.3, 0.4) is 0 Å². The Bertz CT molecular complexity index is 1440. The largest absolute Gasteiger partial charge is 0.457 e. The van der Waals surface area contributed by atoms with E-state index in [1.54, 1.807) is 98.1 Å². The van der Waals surface area contributed by atoms with Gasteiger partial charge in [0.15, 0.2) is 24.8 Å². The summed E-state index contributed by atoms with van der Waals surface area (Å²) in [5, 5.41) is 10.9.